The summed E-state index contributed by atoms with van der Waals surface area (Å²) in [6.45, 7) is 3.27. The maximum Gasteiger partial charge on any atom is 0.360 e. The Balaban J connectivity index is 4.20. The summed E-state index contributed by atoms with van der Waals surface area (Å²) in [5, 5.41) is 6.42. The summed E-state index contributed by atoms with van der Waals surface area (Å²) in [5.41, 5.74) is -0.639. The number of nitrogens with one attached hydrogen (secondary N) is 1. The molecule has 1 unspecified atom stereocenters. The van der Waals surface area contributed by atoms with E-state index in [2.05, 4.69) is 17.4 Å². The van der Waals surface area contributed by atoms with Gasteiger partial charge in [0.25, 0.3) is 0 Å². The van der Waals surface area contributed by atoms with E-state index in [0.717, 1.165) is 0 Å². The third-order valence-corrected chi connectivity index (χ3v) is 1.34. The Kier molecular flexibility index (Phi) is 4.58. The van der Waals surface area contributed by atoms with E-state index in [1.54, 1.807) is 6.92 Å². The van der Waals surface area contributed by atoms with E-state index in [0.29, 0.717) is 0 Å². The first-order valence-corrected chi connectivity index (χ1v) is 4.00. The molecule has 0 aromatic heterocycles. The van der Waals surface area contributed by atoms with Gasteiger partial charge in [-0.15, -0.1) is 0 Å². The van der Waals surface area contributed by atoms with Crippen LogP contribution in [-0.4, -0.2) is 29.3 Å². The minimum atomic E-state index is -0.886. The maximum atomic E-state index is 11.0. The average molecular weight is 189 g/mol. The molecule has 0 bridgehead atoms. The van der Waals surface area contributed by atoms with Crippen molar-refractivity contribution >= 4 is 30.1 Å². The lowest BCUT2D eigenvalue weighted by molar-refractivity contribution is -0.135. The highest BCUT2D eigenvalue weighted by atomic mass is 32.1. The topological polar surface area (TPSA) is 67.2 Å². The predicted molar refractivity (Wildman–Crippen MR) is 47.8 cm³/mol. The number of hydrogen-bond acceptors (Lipinski definition) is 5. The normalized spacial score (nSPS) is 11.9. The van der Waals surface area contributed by atoms with Crippen molar-refractivity contribution in [2.24, 2.45) is 0 Å². The Bertz CT molecular complexity index is 213. The molecule has 5 heteroatoms. The number of carbonyl (C=O) groups excluding carboxylic acids is 2. The van der Waals surface area contributed by atoms with Crippen LogP contribution in [0.4, 0.5) is 0 Å². The van der Waals surface area contributed by atoms with E-state index in [1.807, 2.05) is 0 Å². The monoisotopic (exact) mass is 189 g/mol. The highest BCUT2D eigenvalue weighted by molar-refractivity contribution is 7.82. The van der Waals surface area contributed by atoms with Crippen molar-refractivity contribution in [3.8, 4) is 0 Å². The second-order valence-corrected chi connectivity index (χ2v) is 2.91. The molecular formula is C7H11NO3S. The van der Waals surface area contributed by atoms with Gasteiger partial charge in [-0.3, -0.25) is 10.2 Å². The van der Waals surface area contributed by atoms with Crippen LogP contribution < -0.4 is 0 Å². The molecule has 0 fully saturated rings. The Morgan fingerprint density at radius 3 is 2.42 bits per heavy atom. The third kappa shape index (κ3) is 3.04. The van der Waals surface area contributed by atoms with Gasteiger partial charge in [0.1, 0.15) is 0 Å². The minimum absolute atomic E-state index is 0.162. The molecule has 0 aromatic rings. The quantitative estimate of drug-likeness (QED) is 0.292. The number of esters is 1. The number of thiol groups is 1. The van der Waals surface area contributed by atoms with E-state index >= 15 is 0 Å². The van der Waals surface area contributed by atoms with Crippen molar-refractivity contribution in [1.29, 1.82) is 5.41 Å². The van der Waals surface area contributed by atoms with Crippen molar-refractivity contribution in [3.05, 3.63) is 0 Å². The molecule has 1 N–H and O–H groups in total. The molecule has 4 nitrogen and oxygen atoms in total. The van der Waals surface area contributed by atoms with Crippen LogP contribution >= 0.6 is 12.6 Å². The third-order valence-electron chi connectivity index (χ3n) is 1.11. The number of rotatable bonds is 4. The van der Waals surface area contributed by atoms with E-state index in [1.165, 1.54) is 6.92 Å². The van der Waals surface area contributed by atoms with Crippen LogP contribution in [0.15, 0.2) is 0 Å². The molecule has 0 amide bonds. The molecule has 0 aliphatic carbocycles. The van der Waals surface area contributed by atoms with Crippen LogP contribution in [0.2, 0.25) is 0 Å². The summed E-state index contributed by atoms with van der Waals surface area (Å²) in [7, 11) is 0. The van der Waals surface area contributed by atoms with Crippen LogP contribution in [0, 0.1) is 5.41 Å². The maximum absolute atomic E-state index is 11.0. The van der Waals surface area contributed by atoms with Crippen molar-refractivity contribution in [1.82, 2.24) is 0 Å². The fourth-order valence-electron chi connectivity index (χ4n) is 0.513. The standard InChI is InChI=1S/C7H11NO3S/c1-3-11-7(10)5(8)6(9)4(2)12/h4,8,12H,3H2,1-2H3. The van der Waals surface area contributed by atoms with Gasteiger partial charge in [-0.05, 0) is 13.8 Å². The molecule has 68 valence electrons. The summed E-state index contributed by atoms with van der Waals surface area (Å²) >= 11 is 3.80. The number of hydrogen-bond donors (Lipinski definition) is 2. The summed E-state index contributed by atoms with van der Waals surface area (Å²) in [6, 6.07) is 0. The van der Waals surface area contributed by atoms with E-state index in [-0.39, 0.29) is 6.61 Å². The Morgan fingerprint density at radius 2 is 2.08 bits per heavy atom. The Morgan fingerprint density at radius 1 is 1.58 bits per heavy atom. The fraction of sp³-hybridized carbons (Fsp3) is 0.571. The molecule has 0 radical (unpaired) electrons. The van der Waals surface area contributed by atoms with Gasteiger partial charge in [0.05, 0.1) is 11.9 Å². The summed E-state index contributed by atoms with van der Waals surface area (Å²) in [5.74, 6) is -1.50. The molecule has 0 saturated heterocycles. The smallest absolute Gasteiger partial charge is 0.360 e. The largest absolute Gasteiger partial charge is 0.461 e. The molecule has 0 aliphatic rings. The zero-order valence-corrected chi connectivity index (χ0v) is 7.85. The Hall–Kier alpha value is -0.840. The number of Topliss-reactive ketones (excluding diaryl/α,β-unsaturated/α-hetero) is 1. The molecule has 0 saturated carbocycles. The summed E-state index contributed by atoms with van der Waals surface area (Å²) in [4.78, 5) is 21.7. The first-order chi connectivity index (χ1) is 5.50. The second-order valence-electron chi connectivity index (χ2n) is 2.14. The van der Waals surface area contributed by atoms with Gasteiger partial charge >= 0.3 is 5.97 Å². The number of carbonyl (C=O) groups is 2. The highest BCUT2D eigenvalue weighted by Gasteiger charge is 2.22. The van der Waals surface area contributed by atoms with Gasteiger partial charge in [0, 0.05) is 0 Å². The SMILES string of the molecule is CCOC(=O)C(=N)C(=O)C(C)S. The van der Waals surface area contributed by atoms with Crippen LogP contribution in [0.25, 0.3) is 0 Å². The molecular weight excluding hydrogens is 178 g/mol. The first-order valence-electron chi connectivity index (χ1n) is 3.48. The van der Waals surface area contributed by atoms with E-state index in [9.17, 15) is 9.59 Å². The van der Waals surface area contributed by atoms with Crippen LogP contribution in [0.3, 0.4) is 0 Å². The summed E-state index contributed by atoms with van der Waals surface area (Å²) in [6.07, 6.45) is 0. The minimum Gasteiger partial charge on any atom is -0.461 e. The van der Waals surface area contributed by atoms with Gasteiger partial charge in [0.2, 0.25) is 0 Å². The summed E-state index contributed by atoms with van der Waals surface area (Å²) < 4.78 is 4.46. The lowest BCUT2D eigenvalue weighted by Crippen LogP contribution is -2.30. The Labute approximate surface area is 76.2 Å². The van der Waals surface area contributed by atoms with Gasteiger partial charge in [-0.2, -0.15) is 12.6 Å². The lowest BCUT2D eigenvalue weighted by atomic mass is 10.2. The molecule has 1 atom stereocenters. The van der Waals surface area contributed by atoms with Gasteiger partial charge in [-0.25, -0.2) is 4.79 Å². The average Bonchev–Trinajstić information content (AvgIpc) is 2.02. The van der Waals surface area contributed by atoms with Crippen LogP contribution in [0.1, 0.15) is 13.8 Å². The van der Waals surface area contributed by atoms with Gasteiger partial charge in [-0.1, -0.05) is 0 Å². The van der Waals surface area contributed by atoms with Gasteiger partial charge < -0.3 is 4.74 Å². The van der Waals surface area contributed by atoms with E-state index in [4.69, 9.17) is 5.41 Å². The van der Waals surface area contributed by atoms with Crippen LogP contribution in [0.5, 0.6) is 0 Å². The lowest BCUT2D eigenvalue weighted by Gasteiger charge is -2.03. The first kappa shape index (κ1) is 11.2. The van der Waals surface area contributed by atoms with Crippen molar-refractivity contribution in [3.63, 3.8) is 0 Å². The van der Waals surface area contributed by atoms with Crippen molar-refractivity contribution in [2.45, 2.75) is 19.1 Å². The predicted octanol–water partition coefficient (Wildman–Crippen LogP) is 0.457. The van der Waals surface area contributed by atoms with Crippen LogP contribution in [-0.2, 0) is 14.3 Å². The number of ketones is 1. The molecule has 0 spiro atoms. The number of ether oxygens (including phenoxy) is 1. The zero-order valence-electron chi connectivity index (χ0n) is 6.96. The molecule has 12 heavy (non-hydrogen) atoms. The van der Waals surface area contributed by atoms with Crippen molar-refractivity contribution < 1.29 is 14.3 Å². The van der Waals surface area contributed by atoms with Crippen molar-refractivity contribution in [2.75, 3.05) is 6.61 Å². The molecule has 0 aromatic carbocycles. The fourth-order valence-corrected chi connectivity index (χ4v) is 0.642. The second kappa shape index (κ2) is 4.92. The molecule has 0 rings (SSSR count). The van der Waals surface area contributed by atoms with E-state index < -0.39 is 22.7 Å². The highest BCUT2D eigenvalue weighted by Crippen LogP contribution is 1.97. The van der Waals surface area contributed by atoms with Gasteiger partial charge in [0.15, 0.2) is 11.5 Å². The molecule has 0 heterocycles. The molecule has 0 aliphatic heterocycles. The zero-order chi connectivity index (χ0) is 9.72.